The molecule has 0 bridgehead atoms. The van der Waals surface area contributed by atoms with Crippen molar-refractivity contribution in [2.24, 2.45) is 0 Å². The van der Waals surface area contributed by atoms with Crippen LogP contribution >= 0.6 is 11.3 Å². The third kappa shape index (κ3) is 4.70. The average molecular weight is 280 g/mol. The van der Waals surface area contributed by atoms with Crippen molar-refractivity contribution in [3.8, 4) is 0 Å². The van der Waals surface area contributed by atoms with E-state index in [9.17, 15) is 0 Å². The van der Waals surface area contributed by atoms with Gasteiger partial charge in [0.1, 0.15) is 0 Å². The second-order valence-corrected chi connectivity index (χ2v) is 5.19. The van der Waals surface area contributed by atoms with Gasteiger partial charge in [0.15, 0.2) is 0 Å². The van der Waals surface area contributed by atoms with Crippen LogP contribution in [0, 0.1) is 0 Å². The first-order valence-corrected chi connectivity index (χ1v) is 7.37. The lowest BCUT2D eigenvalue weighted by Gasteiger charge is -2.14. The first kappa shape index (κ1) is 14.1. The number of hydrogen-bond donors (Lipinski definition) is 1. The normalized spacial score (nSPS) is 11.3. The van der Waals surface area contributed by atoms with Gasteiger partial charge in [-0.25, -0.2) is 4.98 Å². The molecule has 2 aromatic heterocycles. The van der Waals surface area contributed by atoms with Gasteiger partial charge >= 0.3 is 0 Å². The summed E-state index contributed by atoms with van der Waals surface area (Å²) in [6.45, 7) is 6.47. The molecule has 0 radical (unpaired) electrons. The summed E-state index contributed by atoms with van der Waals surface area (Å²) in [5.74, 6) is 0. The van der Waals surface area contributed by atoms with E-state index in [-0.39, 0.29) is 0 Å². The Bertz CT molecular complexity index is 466. The van der Waals surface area contributed by atoms with E-state index in [1.54, 1.807) is 11.3 Å². The summed E-state index contributed by atoms with van der Waals surface area (Å²) in [4.78, 5) is 6.52. The highest BCUT2D eigenvalue weighted by molar-refractivity contribution is 7.07. The van der Waals surface area contributed by atoms with Crippen molar-refractivity contribution >= 4 is 11.3 Å². The molecule has 0 saturated carbocycles. The third-order valence-electron chi connectivity index (χ3n) is 2.77. The van der Waals surface area contributed by atoms with Crippen molar-refractivity contribution < 1.29 is 0 Å². The van der Waals surface area contributed by atoms with E-state index in [0.29, 0.717) is 0 Å². The van der Waals surface area contributed by atoms with Gasteiger partial charge in [-0.3, -0.25) is 9.58 Å². The SMILES string of the molecule is CCNCc1cn(CCN(C)Cc2cscn2)nn1. The molecule has 2 aromatic rings. The topological polar surface area (TPSA) is 58.9 Å². The van der Waals surface area contributed by atoms with Crippen LogP contribution in [0.2, 0.25) is 0 Å². The van der Waals surface area contributed by atoms with Gasteiger partial charge in [0.05, 0.1) is 23.4 Å². The Kier molecular flexibility index (Phi) is 5.44. The molecule has 2 heterocycles. The summed E-state index contributed by atoms with van der Waals surface area (Å²) in [7, 11) is 2.09. The third-order valence-corrected chi connectivity index (χ3v) is 3.40. The summed E-state index contributed by atoms with van der Waals surface area (Å²) >= 11 is 1.63. The Labute approximate surface area is 117 Å². The van der Waals surface area contributed by atoms with Gasteiger partial charge in [-0.2, -0.15) is 0 Å². The number of nitrogens with zero attached hydrogens (tertiary/aromatic N) is 5. The lowest BCUT2D eigenvalue weighted by Crippen LogP contribution is -2.23. The van der Waals surface area contributed by atoms with Crippen LogP contribution in [-0.2, 0) is 19.6 Å². The smallest absolute Gasteiger partial charge is 0.0964 e. The Hall–Kier alpha value is -1.31. The fourth-order valence-electron chi connectivity index (χ4n) is 1.73. The van der Waals surface area contributed by atoms with E-state index in [0.717, 1.165) is 44.1 Å². The summed E-state index contributed by atoms with van der Waals surface area (Å²) in [6, 6.07) is 0. The van der Waals surface area contributed by atoms with Gasteiger partial charge < -0.3 is 5.32 Å². The van der Waals surface area contributed by atoms with E-state index in [1.807, 2.05) is 16.4 Å². The number of rotatable bonds is 8. The molecular formula is C12H20N6S. The van der Waals surface area contributed by atoms with Crippen LogP contribution in [0.5, 0.6) is 0 Å². The van der Waals surface area contributed by atoms with Gasteiger partial charge in [-0.15, -0.1) is 16.4 Å². The van der Waals surface area contributed by atoms with Crippen LogP contribution in [0.4, 0.5) is 0 Å². The highest BCUT2D eigenvalue weighted by Gasteiger charge is 2.04. The number of nitrogens with one attached hydrogen (secondary N) is 1. The van der Waals surface area contributed by atoms with Crippen LogP contribution in [0.15, 0.2) is 17.1 Å². The maximum atomic E-state index is 4.28. The quantitative estimate of drug-likeness (QED) is 0.781. The Morgan fingerprint density at radius 3 is 3.05 bits per heavy atom. The molecule has 0 atom stereocenters. The van der Waals surface area contributed by atoms with Crippen LogP contribution in [-0.4, -0.2) is 45.0 Å². The molecule has 0 saturated heterocycles. The molecule has 19 heavy (non-hydrogen) atoms. The minimum atomic E-state index is 0.783. The molecule has 0 aliphatic rings. The molecule has 0 aliphatic carbocycles. The van der Waals surface area contributed by atoms with Crippen molar-refractivity contribution in [2.45, 2.75) is 26.6 Å². The number of likely N-dealkylation sites (N-methyl/N-ethyl adjacent to an activating group) is 1. The summed E-state index contributed by atoms with van der Waals surface area (Å²) in [6.07, 6.45) is 2.00. The van der Waals surface area contributed by atoms with Crippen molar-refractivity contribution in [3.63, 3.8) is 0 Å². The highest BCUT2D eigenvalue weighted by atomic mass is 32.1. The molecule has 0 fully saturated rings. The van der Waals surface area contributed by atoms with E-state index in [2.05, 4.69) is 44.9 Å². The zero-order chi connectivity index (χ0) is 13.5. The fraction of sp³-hybridized carbons (Fsp3) is 0.583. The standard InChI is InChI=1S/C12H20N6S/c1-3-13-6-11-8-18(16-15-11)5-4-17(2)7-12-9-19-10-14-12/h8-10,13H,3-7H2,1-2H3. The van der Waals surface area contributed by atoms with Crippen LogP contribution in [0.1, 0.15) is 18.3 Å². The zero-order valence-corrected chi connectivity index (χ0v) is 12.2. The molecule has 0 amide bonds. The molecule has 0 spiro atoms. The maximum absolute atomic E-state index is 4.28. The molecule has 2 rings (SSSR count). The monoisotopic (exact) mass is 280 g/mol. The van der Waals surface area contributed by atoms with Crippen molar-refractivity contribution in [1.82, 2.24) is 30.2 Å². The van der Waals surface area contributed by atoms with Gasteiger partial charge in [0.2, 0.25) is 0 Å². The first-order chi connectivity index (χ1) is 9.28. The number of thiazole rings is 1. The number of hydrogen-bond acceptors (Lipinski definition) is 6. The number of aromatic nitrogens is 4. The van der Waals surface area contributed by atoms with Crippen molar-refractivity contribution in [1.29, 1.82) is 0 Å². The minimum Gasteiger partial charge on any atom is -0.311 e. The molecular weight excluding hydrogens is 260 g/mol. The largest absolute Gasteiger partial charge is 0.311 e. The van der Waals surface area contributed by atoms with E-state index in [1.165, 1.54) is 0 Å². The Morgan fingerprint density at radius 2 is 2.32 bits per heavy atom. The minimum absolute atomic E-state index is 0.783. The summed E-state index contributed by atoms with van der Waals surface area (Å²) in [5, 5.41) is 13.6. The van der Waals surface area contributed by atoms with Gasteiger partial charge in [0.25, 0.3) is 0 Å². The van der Waals surface area contributed by atoms with E-state index < -0.39 is 0 Å². The Balaban J connectivity index is 1.73. The van der Waals surface area contributed by atoms with Crippen LogP contribution in [0.3, 0.4) is 0 Å². The van der Waals surface area contributed by atoms with Crippen molar-refractivity contribution in [3.05, 3.63) is 28.5 Å². The predicted molar refractivity (Wildman–Crippen MR) is 75.9 cm³/mol. The second kappa shape index (κ2) is 7.32. The van der Waals surface area contributed by atoms with Gasteiger partial charge in [-0.05, 0) is 13.6 Å². The average Bonchev–Trinajstić information content (AvgIpc) is 3.05. The molecule has 0 aromatic carbocycles. The molecule has 1 N–H and O–H groups in total. The zero-order valence-electron chi connectivity index (χ0n) is 11.4. The van der Waals surface area contributed by atoms with Gasteiger partial charge in [-0.1, -0.05) is 12.1 Å². The lowest BCUT2D eigenvalue weighted by atomic mass is 10.4. The molecule has 7 heteroatoms. The van der Waals surface area contributed by atoms with Crippen LogP contribution in [0.25, 0.3) is 0 Å². The molecule has 104 valence electrons. The predicted octanol–water partition coefficient (Wildman–Crippen LogP) is 0.976. The van der Waals surface area contributed by atoms with E-state index >= 15 is 0 Å². The van der Waals surface area contributed by atoms with Crippen molar-refractivity contribution in [2.75, 3.05) is 20.1 Å². The maximum Gasteiger partial charge on any atom is 0.0964 e. The molecule has 6 nitrogen and oxygen atoms in total. The summed E-state index contributed by atoms with van der Waals surface area (Å²) < 4.78 is 1.89. The Morgan fingerprint density at radius 1 is 1.42 bits per heavy atom. The summed E-state index contributed by atoms with van der Waals surface area (Å²) in [5.41, 5.74) is 3.98. The first-order valence-electron chi connectivity index (χ1n) is 6.43. The van der Waals surface area contributed by atoms with Gasteiger partial charge in [0, 0.05) is 31.2 Å². The molecule has 0 unspecified atom stereocenters. The van der Waals surface area contributed by atoms with Crippen LogP contribution < -0.4 is 5.32 Å². The van der Waals surface area contributed by atoms with E-state index in [4.69, 9.17) is 0 Å². The highest BCUT2D eigenvalue weighted by Crippen LogP contribution is 2.04. The fourth-order valence-corrected chi connectivity index (χ4v) is 2.28. The second-order valence-electron chi connectivity index (χ2n) is 4.47. The lowest BCUT2D eigenvalue weighted by molar-refractivity contribution is 0.301. The molecule has 0 aliphatic heterocycles.